The highest BCUT2D eigenvalue weighted by Gasteiger charge is 2.70. The predicted octanol–water partition coefficient (Wildman–Crippen LogP) is 1.78. The van der Waals surface area contributed by atoms with E-state index in [0.717, 1.165) is 0 Å². The number of fused-ring (bicyclic) bond motifs is 5. The van der Waals surface area contributed by atoms with Crippen LogP contribution in [0.25, 0.3) is 0 Å². The second kappa shape index (κ2) is 3.84. The Kier molecular flexibility index (Phi) is 2.31. The van der Waals surface area contributed by atoms with Crippen molar-refractivity contribution in [3.63, 3.8) is 0 Å². The third kappa shape index (κ3) is 1.36. The fourth-order valence-electron chi connectivity index (χ4n) is 4.03. The second-order valence-electron chi connectivity index (χ2n) is 6.40. The molecule has 3 aliphatic heterocycles. The van der Waals surface area contributed by atoms with Crippen LogP contribution in [0.4, 0.5) is 5.69 Å². The predicted molar refractivity (Wildman–Crippen MR) is 77.7 cm³/mol. The maximum absolute atomic E-state index is 12.9. The van der Waals surface area contributed by atoms with Gasteiger partial charge in [0.2, 0.25) is 11.8 Å². The lowest BCUT2D eigenvalue weighted by atomic mass is 9.73. The first kappa shape index (κ1) is 13.2. The Morgan fingerprint density at radius 1 is 1.09 bits per heavy atom. The van der Waals surface area contributed by atoms with E-state index in [-0.39, 0.29) is 11.8 Å². The van der Waals surface area contributed by atoms with Gasteiger partial charge in [0.15, 0.2) is 0 Å². The maximum Gasteiger partial charge on any atom is 0.241 e. The zero-order valence-corrected chi connectivity index (χ0v) is 12.2. The SMILES string of the molecule is C[C@]12C=C[C@](C)(O1)[C@@H]1C(=O)N(c3ccccc3C#N)C(=O)[C@H]12. The fraction of sp³-hybridized carbons (Fsp3) is 0.353. The number of carbonyl (C=O) groups excluding carboxylic acids is 2. The molecule has 2 amide bonds. The molecule has 3 aliphatic rings. The van der Waals surface area contributed by atoms with E-state index in [1.165, 1.54) is 4.90 Å². The van der Waals surface area contributed by atoms with Gasteiger partial charge in [-0.2, -0.15) is 5.26 Å². The minimum Gasteiger partial charge on any atom is -0.359 e. The zero-order valence-electron chi connectivity index (χ0n) is 12.2. The van der Waals surface area contributed by atoms with Crippen LogP contribution in [0.1, 0.15) is 19.4 Å². The summed E-state index contributed by atoms with van der Waals surface area (Å²) in [5.74, 6) is -1.62. The molecule has 3 heterocycles. The highest BCUT2D eigenvalue weighted by Crippen LogP contribution is 2.57. The molecular formula is C17H14N2O3. The Morgan fingerprint density at radius 2 is 1.64 bits per heavy atom. The van der Waals surface area contributed by atoms with E-state index < -0.39 is 23.0 Å². The lowest BCUT2D eigenvalue weighted by Gasteiger charge is -2.25. The summed E-state index contributed by atoms with van der Waals surface area (Å²) in [7, 11) is 0. The van der Waals surface area contributed by atoms with Crippen LogP contribution in [0.3, 0.4) is 0 Å². The molecule has 0 aliphatic carbocycles. The van der Waals surface area contributed by atoms with Crippen molar-refractivity contribution in [2.75, 3.05) is 4.90 Å². The summed E-state index contributed by atoms with van der Waals surface area (Å²) in [5.41, 5.74) is -0.813. The zero-order chi connectivity index (χ0) is 15.7. The Hall–Kier alpha value is -2.45. The number of amides is 2. The van der Waals surface area contributed by atoms with Crippen LogP contribution in [0, 0.1) is 23.2 Å². The third-order valence-corrected chi connectivity index (χ3v) is 4.99. The Bertz CT molecular complexity index is 757. The van der Waals surface area contributed by atoms with Crippen molar-refractivity contribution in [3.8, 4) is 6.07 Å². The van der Waals surface area contributed by atoms with Crippen LogP contribution in [0.5, 0.6) is 0 Å². The molecule has 110 valence electrons. The minimum absolute atomic E-state index is 0.284. The first-order valence-corrected chi connectivity index (χ1v) is 7.19. The number of imide groups is 1. The molecule has 0 aromatic heterocycles. The summed E-state index contributed by atoms with van der Waals surface area (Å²) in [6, 6.07) is 8.72. The number of anilines is 1. The van der Waals surface area contributed by atoms with Gasteiger partial charge >= 0.3 is 0 Å². The second-order valence-corrected chi connectivity index (χ2v) is 6.40. The summed E-state index contributed by atoms with van der Waals surface area (Å²) in [4.78, 5) is 26.9. The van der Waals surface area contributed by atoms with Gasteiger partial charge in [-0.15, -0.1) is 0 Å². The van der Waals surface area contributed by atoms with E-state index >= 15 is 0 Å². The number of rotatable bonds is 1. The van der Waals surface area contributed by atoms with Gasteiger partial charge in [0, 0.05) is 0 Å². The van der Waals surface area contributed by atoms with Crippen LogP contribution in [0.15, 0.2) is 36.4 Å². The summed E-state index contributed by atoms with van der Waals surface area (Å²) >= 11 is 0. The van der Waals surface area contributed by atoms with Gasteiger partial charge in [-0.25, -0.2) is 4.90 Å². The molecule has 22 heavy (non-hydrogen) atoms. The van der Waals surface area contributed by atoms with E-state index in [0.29, 0.717) is 11.3 Å². The average Bonchev–Trinajstić information content (AvgIpc) is 3.04. The Labute approximate surface area is 127 Å². The van der Waals surface area contributed by atoms with E-state index in [2.05, 4.69) is 0 Å². The minimum atomic E-state index is -0.748. The first-order chi connectivity index (χ1) is 10.4. The summed E-state index contributed by atoms with van der Waals surface area (Å²) in [6.07, 6.45) is 3.75. The number of nitriles is 1. The van der Waals surface area contributed by atoms with Crippen molar-refractivity contribution in [1.29, 1.82) is 5.26 Å². The topological polar surface area (TPSA) is 70.4 Å². The molecule has 4 atom stereocenters. The van der Waals surface area contributed by atoms with E-state index in [1.54, 1.807) is 24.3 Å². The molecule has 0 radical (unpaired) electrons. The number of benzene rings is 1. The van der Waals surface area contributed by atoms with Gasteiger partial charge in [0.1, 0.15) is 6.07 Å². The number of hydrogen-bond acceptors (Lipinski definition) is 4. The van der Waals surface area contributed by atoms with Crippen molar-refractivity contribution in [1.82, 2.24) is 0 Å². The van der Waals surface area contributed by atoms with Crippen LogP contribution in [-0.2, 0) is 14.3 Å². The highest BCUT2D eigenvalue weighted by atomic mass is 16.5. The normalized spacial score (nSPS) is 38.5. The Balaban J connectivity index is 1.86. The Morgan fingerprint density at radius 3 is 2.18 bits per heavy atom. The van der Waals surface area contributed by atoms with Crippen molar-refractivity contribution >= 4 is 17.5 Å². The van der Waals surface area contributed by atoms with Gasteiger partial charge in [0.25, 0.3) is 0 Å². The standard InChI is InChI=1S/C17H14N2O3/c1-16-7-8-17(2,22-16)13-12(16)14(20)19(15(13)21)11-6-4-3-5-10(11)9-18/h3-8,12-13H,1-2H3/t12-,13-,16-,17+/m0/s1. The third-order valence-electron chi connectivity index (χ3n) is 4.99. The van der Waals surface area contributed by atoms with E-state index in [9.17, 15) is 14.9 Å². The van der Waals surface area contributed by atoms with E-state index in [4.69, 9.17) is 4.74 Å². The highest BCUT2D eigenvalue weighted by molar-refractivity contribution is 6.24. The molecule has 5 nitrogen and oxygen atoms in total. The summed E-state index contributed by atoms with van der Waals surface area (Å²) < 4.78 is 5.95. The molecule has 1 aromatic carbocycles. The molecule has 2 bridgehead atoms. The molecule has 0 unspecified atom stereocenters. The van der Waals surface area contributed by atoms with Crippen molar-refractivity contribution in [3.05, 3.63) is 42.0 Å². The van der Waals surface area contributed by atoms with Gasteiger partial charge < -0.3 is 4.74 Å². The molecule has 5 heteroatoms. The van der Waals surface area contributed by atoms with Crippen LogP contribution in [-0.4, -0.2) is 23.0 Å². The summed E-state index contributed by atoms with van der Waals surface area (Å²) in [6.45, 7) is 3.68. The monoisotopic (exact) mass is 294 g/mol. The molecule has 2 saturated heterocycles. The van der Waals surface area contributed by atoms with Crippen molar-refractivity contribution < 1.29 is 14.3 Å². The number of para-hydroxylation sites is 1. The van der Waals surface area contributed by atoms with Gasteiger partial charge in [-0.3, -0.25) is 9.59 Å². The van der Waals surface area contributed by atoms with Crippen LogP contribution >= 0.6 is 0 Å². The lowest BCUT2D eigenvalue weighted by molar-refractivity contribution is -0.128. The molecule has 4 rings (SSSR count). The number of ether oxygens (including phenoxy) is 1. The van der Waals surface area contributed by atoms with Gasteiger partial charge in [-0.05, 0) is 26.0 Å². The fourth-order valence-corrected chi connectivity index (χ4v) is 4.03. The molecule has 1 aromatic rings. The molecule has 0 saturated carbocycles. The number of hydrogen-bond donors (Lipinski definition) is 0. The van der Waals surface area contributed by atoms with Gasteiger partial charge in [-0.1, -0.05) is 24.3 Å². The number of carbonyl (C=O) groups is 2. The molecule has 0 N–H and O–H groups in total. The maximum atomic E-state index is 12.9. The van der Waals surface area contributed by atoms with Crippen molar-refractivity contribution in [2.24, 2.45) is 11.8 Å². The molecule has 0 spiro atoms. The van der Waals surface area contributed by atoms with E-state index in [1.807, 2.05) is 32.1 Å². The largest absolute Gasteiger partial charge is 0.359 e. The summed E-state index contributed by atoms with van der Waals surface area (Å²) in [5, 5.41) is 9.24. The average molecular weight is 294 g/mol. The first-order valence-electron chi connectivity index (χ1n) is 7.19. The lowest BCUT2D eigenvalue weighted by Crippen LogP contribution is -2.39. The van der Waals surface area contributed by atoms with Crippen LogP contribution in [0.2, 0.25) is 0 Å². The smallest absolute Gasteiger partial charge is 0.241 e. The number of nitrogens with zero attached hydrogens (tertiary/aromatic N) is 2. The molecular weight excluding hydrogens is 280 g/mol. The van der Waals surface area contributed by atoms with Gasteiger partial charge in [0.05, 0.1) is 34.3 Å². The van der Waals surface area contributed by atoms with Crippen LogP contribution < -0.4 is 4.90 Å². The molecule has 2 fully saturated rings. The quantitative estimate of drug-likeness (QED) is 0.585. The van der Waals surface area contributed by atoms with Crippen molar-refractivity contribution in [2.45, 2.75) is 25.0 Å².